The summed E-state index contributed by atoms with van der Waals surface area (Å²) in [5.74, 6) is 5.34. The predicted octanol–water partition coefficient (Wildman–Crippen LogP) is 5.50. The van der Waals surface area contributed by atoms with E-state index in [1.807, 2.05) is 93.6 Å². The summed E-state index contributed by atoms with van der Waals surface area (Å²) in [6, 6.07) is 26.1. The fourth-order valence-corrected chi connectivity index (χ4v) is 4.54. The van der Waals surface area contributed by atoms with Gasteiger partial charge in [-0.05, 0) is 69.0 Å². The quantitative estimate of drug-likeness (QED) is 0.130. The van der Waals surface area contributed by atoms with Crippen molar-refractivity contribution in [1.82, 2.24) is 4.90 Å². The number of aliphatic imine (C=N–C) groups is 1. The van der Waals surface area contributed by atoms with Gasteiger partial charge in [0.1, 0.15) is 18.0 Å². The maximum absolute atomic E-state index is 13.0. The number of rotatable bonds is 11. The van der Waals surface area contributed by atoms with Crippen molar-refractivity contribution in [3.63, 3.8) is 0 Å². The van der Waals surface area contributed by atoms with Crippen LogP contribution in [-0.2, 0) is 19.1 Å². The van der Waals surface area contributed by atoms with Crippen LogP contribution in [0.5, 0.6) is 5.75 Å². The van der Waals surface area contributed by atoms with Crippen molar-refractivity contribution in [2.24, 2.45) is 10.9 Å². The third-order valence-corrected chi connectivity index (χ3v) is 6.69. The Labute approximate surface area is 252 Å². The zero-order chi connectivity index (χ0) is 30.7. The van der Waals surface area contributed by atoms with Gasteiger partial charge in [0.2, 0.25) is 6.10 Å². The molecule has 1 amide bonds. The Morgan fingerprint density at radius 1 is 1.00 bits per heavy atom. The number of carbonyl (C=O) groups is 2. The summed E-state index contributed by atoms with van der Waals surface area (Å²) in [7, 11) is 0. The number of amides is 1. The number of likely N-dealkylation sites (tertiary alicyclic amines) is 1. The van der Waals surface area contributed by atoms with Gasteiger partial charge in [0, 0.05) is 18.8 Å². The molecule has 1 unspecified atom stereocenters. The summed E-state index contributed by atoms with van der Waals surface area (Å²) in [5.41, 5.74) is 1.93. The lowest BCUT2D eigenvalue weighted by Gasteiger charge is -2.32. The molecule has 0 saturated carbocycles. The average Bonchev–Trinajstić information content (AvgIpc) is 3.01. The Morgan fingerprint density at radius 3 is 2.21 bits per heavy atom. The van der Waals surface area contributed by atoms with E-state index in [1.54, 1.807) is 23.4 Å². The smallest absolute Gasteiger partial charge is 0.410 e. The summed E-state index contributed by atoms with van der Waals surface area (Å²) < 4.78 is 17.1. The van der Waals surface area contributed by atoms with Gasteiger partial charge in [-0.15, -0.1) is 0 Å². The van der Waals surface area contributed by atoms with E-state index in [0.717, 1.165) is 29.7 Å². The van der Waals surface area contributed by atoms with E-state index in [4.69, 9.17) is 24.9 Å². The van der Waals surface area contributed by atoms with Crippen LogP contribution >= 0.6 is 0 Å². The maximum Gasteiger partial charge on any atom is 0.410 e. The largest absolute Gasteiger partial charge is 0.490 e. The number of benzene rings is 3. The molecule has 1 fully saturated rings. The molecule has 43 heavy (non-hydrogen) atoms. The normalized spacial score (nSPS) is 16.1. The summed E-state index contributed by atoms with van der Waals surface area (Å²) in [4.78, 5) is 36.6. The molecule has 4 rings (SSSR count). The van der Waals surface area contributed by atoms with E-state index in [1.165, 1.54) is 0 Å². The minimum atomic E-state index is -1.13. The second-order valence-corrected chi connectivity index (χ2v) is 11.2. The van der Waals surface area contributed by atoms with Crippen LogP contribution in [0.1, 0.15) is 50.8 Å². The SMILES string of the molecule is CC(C)(C)OC(=O)N1CCC[C@@H](N=CNc2ccc(OCC(ON)C(=O)OC(c3ccccc3)c3ccccc3)cc2)C1. The highest BCUT2D eigenvalue weighted by Crippen LogP contribution is 2.27. The van der Waals surface area contributed by atoms with Gasteiger partial charge < -0.3 is 24.4 Å². The van der Waals surface area contributed by atoms with Gasteiger partial charge in [-0.1, -0.05) is 60.7 Å². The van der Waals surface area contributed by atoms with E-state index in [-0.39, 0.29) is 18.7 Å². The molecule has 1 saturated heterocycles. The lowest BCUT2D eigenvalue weighted by atomic mass is 10.0. The van der Waals surface area contributed by atoms with Gasteiger partial charge >= 0.3 is 12.1 Å². The van der Waals surface area contributed by atoms with Crippen LogP contribution in [0.3, 0.4) is 0 Å². The third-order valence-electron chi connectivity index (χ3n) is 6.69. The molecule has 3 aromatic rings. The highest BCUT2D eigenvalue weighted by molar-refractivity contribution is 5.76. The van der Waals surface area contributed by atoms with Crippen molar-refractivity contribution >= 4 is 24.1 Å². The summed E-state index contributed by atoms with van der Waals surface area (Å²) in [5, 5.41) is 3.15. The average molecular weight is 589 g/mol. The minimum absolute atomic E-state index is 0.00675. The number of nitrogens with two attached hydrogens (primary N) is 1. The molecule has 228 valence electrons. The second-order valence-electron chi connectivity index (χ2n) is 11.2. The van der Waals surface area contributed by atoms with Gasteiger partial charge in [0.05, 0.1) is 12.4 Å². The molecule has 10 nitrogen and oxygen atoms in total. The lowest BCUT2D eigenvalue weighted by molar-refractivity contribution is -0.163. The number of hydrogen-bond donors (Lipinski definition) is 2. The van der Waals surface area contributed by atoms with Crippen molar-refractivity contribution in [2.75, 3.05) is 25.0 Å². The second kappa shape index (κ2) is 15.2. The fourth-order valence-electron chi connectivity index (χ4n) is 4.54. The first-order chi connectivity index (χ1) is 20.7. The maximum atomic E-state index is 13.0. The minimum Gasteiger partial charge on any atom is -0.490 e. The summed E-state index contributed by atoms with van der Waals surface area (Å²) >= 11 is 0. The number of nitrogens with one attached hydrogen (secondary N) is 1. The van der Waals surface area contributed by atoms with E-state index in [9.17, 15) is 9.59 Å². The van der Waals surface area contributed by atoms with Crippen LogP contribution in [0.4, 0.5) is 10.5 Å². The molecule has 1 aliphatic heterocycles. The van der Waals surface area contributed by atoms with Crippen LogP contribution in [0.15, 0.2) is 89.9 Å². The van der Waals surface area contributed by atoms with Crippen molar-refractivity contribution in [3.8, 4) is 5.75 Å². The zero-order valence-electron chi connectivity index (χ0n) is 24.8. The fraction of sp³-hybridized carbons (Fsp3) is 0.364. The van der Waals surface area contributed by atoms with Gasteiger partial charge in [-0.3, -0.25) is 9.83 Å². The van der Waals surface area contributed by atoms with Crippen LogP contribution in [0.2, 0.25) is 0 Å². The van der Waals surface area contributed by atoms with E-state index >= 15 is 0 Å². The summed E-state index contributed by atoms with van der Waals surface area (Å²) in [6.07, 6.45) is 1.36. The molecule has 0 aliphatic carbocycles. The molecule has 1 heterocycles. The van der Waals surface area contributed by atoms with Gasteiger partial charge in [-0.25, -0.2) is 15.5 Å². The van der Waals surface area contributed by atoms with Gasteiger partial charge in [0.15, 0.2) is 6.10 Å². The van der Waals surface area contributed by atoms with E-state index in [2.05, 4.69) is 10.3 Å². The molecular weight excluding hydrogens is 548 g/mol. The van der Waals surface area contributed by atoms with Crippen LogP contribution < -0.4 is 16.0 Å². The Bertz CT molecular complexity index is 1290. The molecule has 0 spiro atoms. The highest BCUT2D eigenvalue weighted by atomic mass is 16.7. The van der Waals surface area contributed by atoms with Gasteiger partial charge in [-0.2, -0.15) is 0 Å². The molecule has 2 atom stereocenters. The molecule has 0 radical (unpaired) electrons. The van der Waals surface area contributed by atoms with E-state index in [0.29, 0.717) is 18.8 Å². The van der Waals surface area contributed by atoms with Crippen LogP contribution in [0.25, 0.3) is 0 Å². The Hall–Kier alpha value is -4.41. The van der Waals surface area contributed by atoms with Crippen molar-refractivity contribution in [3.05, 3.63) is 96.1 Å². The first kappa shape index (κ1) is 31.5. The standard InChI is InChI=1S/C33H40N4O6/c1-33(2,3)42-32(39)37-20-10-15-27(21-37)36-23-35-26-16-18-28(19-17-26)40-22-29(43-34)31(38)41-30(24-11-6-4-7-12-24)25-13-8-5-9-14-25/h4-9,11-14,16-19,23,27,29-30H,10,15,20-22,34H2,1-3H3,(H,35,36)/t27-,29?/m1/s1. The molecule has 10 heteroatoms. The van der Waals surface area contributed by atoms with Crippen molar-refractivity contribution in [1.29, 1.82) is 0 Å². The molecule has 3 aromatic carbocycles. The number of carbonyl (C=O) groups excluding carboxylic acids is 2. The zero-order valence-corrected chi connectivity index (χ0v) is 24.8. The van der Waals surface area contributed by atoms with Crippen LogP contribution in [0, 0.1) is 0 Å². The number of esters is 1. The predicted molar refractivity (Wildman–Crippen MR) is 165 cm³/mol. The first-order valence-corrected chi connectivity index (χ1v) is 14.4. The number of piperidine rings is 1. The molecule has 3 N–H and O–H groups in total. The molecule has 0 aromatic heterocycles. The Kier molecular flexibility index (Phi) is 11.1. The third kappa shape index (κ3) is 9.83. The highest BCUT2D eigenvalue weighted by Gasteiger charge is 2.28. The first-order valence-electron chi connectivity index (χ1n) is 14.4. The van der Waals surface area contributed by atoms with Crippen molar-refractivity contribution < 1.29 is 28.6 Å². The number of nitrogens with zero attached hydrogens (tertiary/aromatic N) is 2. The van der Waals surface area contributed by atoms with Crippen LogP contribution in [-0.4, -0.2) is 60.7 Å². The summed E-state index contributed by atoms with van der Waals surface area (Å²) in [6.45, 7) is 6.64. The Balaban J connectivity index is 1.27. The number of ether oxygens (including phenoxy) is 3. The number of anilines is 1. The molecule has 0 bridgehead atoms. The van der Waals surface area contributed by atoms with Gasteiger partial charge in [0.25, 0.3) is 0 Å². The molecule has 1 aliphatic rings. The molecular formula is C33H40N4O6. The van der Waals surface area contributed by atoms with E-state index < -0.39 is 23.8 Å². The topological polar surface area (TPSA) is 125 Å². The monoisotopic (exact) mass is 588 g/mol. The van der Waals surface area contributed by atoms with Crippen molar-refractivity contribution in [2.45, 2.75) is 57.5 Å². The Morgan fingerprint density at radius 2 is 1.63 bits per heavy atom. The lowest BCUT2D eigenvalue weighted by Crippen LogP contribution is -2.44. The number of hydrogen-bond acceptors (Lipinski definition) is 8.